The second-order valence-corrected chi connectivity index (χ2v) is 7.17. The van der Waals surface area contributed by atoms with Crippen LogP contribution in [0.2, 0.25) is 0 Å². The van der Waals surface area contributed by atoms with Crippen molar-refractivity contribution in [2.75, 3.05) is 36.2 Å². The van der Waals surface area contributed by atoms with Crippen molar-refractivity contribution in [3.05, 3.63) is 23.8 Å². The van der Waals surface area contributed by atoms with Crippen molar-refractivity contribution < 1.29 is 17.9 Å². The van der Waals surface area contributed by atoms with Crippen molar-refractivity contribution in [1.82, 2.24) is 0 Å². The minimum absolute atomic E-state index is 0.111. The molecule has 0 radical (unpaired) electrons. The summed E-state index contributed by atoms with van der Waals surface area (Å²) in [6, 6.07) is 4.86. The number of hydrogen-bond donors (Lipinski definition) is 2. The van der Waals surface area contributed by atoms with E-state index in [1.807, 2.05) is 0 Å². The van der Waals surface area contributed by atoms with Gasteiger partial charge < -0.3 is 15.8 Å². The van der Waals surface area contributed by atoms with Gasteiger partial charge in [0.1, 0.15) is 0 Å². The molecule has 1 aromatic rings. The van der Waals surface area contributed by atoms with Crippen molar-refractivity contribution in [3.8, 4) is 0 Å². The molecule has 0 bridgehead atoms. The van der Waals surface area contributed by atoms with Crippen molar-refractivity contribution in [2.24, 2.45) is 5.92 Å². The van der Waals surface area contributed by atoms with E-state index >= 15 is 0 Å². The summed E-state index contributed by atoms with van der Waals surface area (Å²) in [5.74, 6) is 0.154. The number of benzene rings is 1. The Bertz CT molecular complexity index is 613. The standard InChI is InChI=1S/C13H18N2O4S/c1-19-13(16)10-2-3-12(11(14)6-10)15-7-9-4-5-20(17,18)8-9/h2-3,6,9,15H,4-5,7-8,14H2,1H3. The maximum Gasteiger partial charge on any atom is 0.337 e. The summed E-state index contributed by atoms with van der Waals surface area (Å²) < 4.78 is 27.3. The molecule has 0 amide bonds. The third-order valence-corrected chi connectivity index (χ3v) is 5.22. The molecular formula is C13H18N2O4S. The van der Waals surface area contributed by atoms with E-state index in [1.54, 1.807) is 18.2 Å². The van der Waals surface area contributed by atoms with Gasteiger partial charge in [0.15, 0.2) is 9.84 Å². The molecule has 1 fully saturated rings. The van der Waals surface area contributed by atoms with Gasteiger partial charge in [0.05, 0.1) is 35.6 Å². The monoisotopic (exact) mass is 298 g/mol. The average molecular weight is 298 g/mol. The second-order valence-electron chi connectivity index (χ2n) is 4.94. The molecule has 20 heavy (non-hydrogen) atoms. The van der Waals surface area contributed by atoms with Gasteiger partial charge in [-0.3, -0.25) is 0 Å². The third kappa shape index (κ3) is 3.41. The van der Waals surface area contributed by atoms with Crippen LogP contribution in [0.15, 0.2) is 18.2 Å². The molecule has 1 aromatic carbocycles. The minimum atomic E-state index is -2.86. The first-order valence-electron chi connectivity index (χ1n) is 6.33. The zero-order chi connectivity index (χ0) is 14.8. The predicted molar refractivity (Wildman–Crippen MR) is 77.4 cm³/mol. The fraction of sp³-hybridized carbons (Fsp3) is 0.462. The molecule has 1 atom stereocenters. The molecule has 1 heterocycles. The molecule has 0 aliphatic carbocycles. The van der Waals surface area contributed by atoms with Crippen LogP contribution >= 0.6 is 0 Å². The topological polar surface area (TPSA) is 98.5 Å². The minimum Gasteiger partial charge on any atom is -0.465 e. The lowest BCUT2D eigenvalue weighted by Crippen LogP contribution is -2.16. The highest BCUT2D eigenvalue weighted by Crippen LogP contribution is 2.23. The number of esters is 1. The van der Waals surface area contributed by atoms with Crippen LogP contribution in [-0.2, 0) is 14.6 Å². The van der Waals surface area contributed by atoms with Crippen LogP contribution < -0.4 is 11.1 Å². The molecule has 1 unspecified atom stereocenters. The summed E-state index contributed by atoms with van der Waals surface area (Å²) in [5.41, 5.74) is 7.39. The second kappa shape index (κ2) is 5.70. The Kier molecular flexibility index (Phi) is 4.17. The molecule has 110 valence electrons. The third-order valence-electron chi connectivity index (χ3n) is 3.38. The molecule has 6 nitrogen and oxygen atoms in total. The van der Waals surface area contributed by atoms with Gasteiger partial charge in [-0.05, 0) is 30.5 Å². The zero-order valence-corrected chi connectivity index (χ0v) is 12.1. The van der Waals surface area contributed by atoms with E-state index in [0.29, 0.717) is 29.9 Å². The normalized spacial score (nSPS) is 20.6. The van der Waals surface area contributed by atoms with Gasteiger partial charge in [-0.25, -0.2) is 13.2 Å². The van der Waals surface area contributed by atoms with Crippen LogP contribution in [0.4, 0.5) is 11.4 Å². The highest BCUT2D eigenvalue weighted by atomic mass is 32.2. The van der Waals surface area contributed by atoms with Gasteiger partial charge in [0.2, 0.25) is 0 Å². The molecule has 1 saturated heterocycles. The van der Waals surface area contributed by atoms with Crippen LogP contribution in [0.5, 0.6) is 0 Å². The van der Waals surface area contributed by atoms with E-state index in [2.05, 4.69) is 10.1 Å². The maximum absolute atomic E-state index is 11.4. The first-order valence-corrected chi connectivity index (χ1v) is 8.15. The lowest BCUT2D eigenvalue weighted by Gasteiger charge is -2.13. The van der Waals surface area contributed by atoms with Gasteiger partial charge in [-0.2, -0.15) is 0 Å². The highest BCUT2D eigenvalue weighted by Gasteiger charge is 2.27. The van der Waals surface area contributed by atoms with Crippen LogP contribution in [0.3, 0.4) is 0 Å². The Balaban J connectivity index is 1.99. The number of anilines is 2. The van der Waals surface area contributed by atoms with E-state index in [4.69, 9.17) is 5.73 Å². The van der Waals surface area contributed by atoms with Gasteiger partial charge >= 0.3 is 5.97 Å². The molecule has 1 aliphatic rings. The SMILES string of the molecule is COC(=O)c1ccc(NCC2CCS(=O)(=O)C2)c(N)c1. The molecule has 1 aliphatic heterocycles. The summed E-state index contributed by atoms with van der Waals surface area (Å²) in [6.07, 6.45) is 0.676. The predicted octanol–water partition coefficient (Wildman–Crippen LogP) is 0.902. The van der Waals surface area contributed by atoms with Crippen LogP contribution in [-0.4, -0.2) is 39.5 Å². The summed E-state index contributed by atoms with van der Waals surface area (Å²) in [7, 11) is -1.55. The summed E-state index contributed by atoms with van der Waals surface area (Å²) in [5, 5.41) is 3.14. The Hall–Kier alpha value is -1.76. The lowest BCUT2D eigenvalue weighted by molar-refractivity contribution is 0.0601. The number of sulfone groups is 1. The first kappa shape index (κ1) is 14.6. The fourth-order valence-corrected chi connectivity index (χ4v) is 4.12. The summed E-state index contributed by atoms with van der Waals surface area (Å²) >= 11 is 0. The number of hydrogen-bond acceptors (Lipinski definition) is 6. The maximum atomic E-state index is 11.4. The van der Waals surface area contributed by atoms with E-state index in [0.717, 1.165) is 0 Å². The van der Waals surface area contributed by atoms with Gasteiger partial charge in [0, 0.05) is 6.54 Å². The van der Waals surface area contributed by atoms with E-state index < -0.39 is 15.8 Å². The van der Waals surface area contributed by atoms with Crippen LogP contribution in [0.1, 0.15) is 16.8 Å². The summed E-state index contributed by atoms with van der Waals surface area (Å²) in [6.45, 7) is 0.557. The van der Waals surface area contributed by atoms with Crippen molar-refractivity contribution in [1.29, 1.82) is 0 Å². The number of carbonyl (C=O) groups excluding carboxylic acids is 1. The number of carbonyl (C=O) groups is 1. The molecule has 0 spiro atoms. The van der Waals surface area contributed by atoms with Crippen molar-refractivity contribution in [3.63, 3.8) is 0 Å². The zero-order valence-electron chi connectivity index (χ0n) is 11.3. The van der Waals surface area contributed by atoms with Gasteiger partial charge in [0.25, 0.3) is 0 Å². The molecule has 0 aromatic heterocycles. The van der Waals surface area contributed by atoms with E-state index in [1.165, 1.54) is 7.11 Å². The number of nitrogen functional groups attached to an aromatic ring is 1. The highest BCUT2D eigenvalue weighted by molar-refractivity contribution is 7.91. The van der Waals surface area contributed by atoms with Crippen molar-refractivity contribution in [2.45, 2.75) is 6.42 Å². The first-order chi connectivity index (χ1) is 9.41. The Morgan fingerprint density at radius 3 is 2.80 bits per heavy atom. The Labute approximate surface area is 118 Å². The van der Waals surface area contributed by atoms with E-state index in [9.17, 15) is 13.2 Å². The molecule has 2 rings (SSSR count). The van der Waals surface area contributed by atoms with Gasteiger partial charge in [-0.15, -0.1) is 0 Å². The van der Waals surface area contributed by atoms with Crippen molar-refractivity contribution >= 4 is 27.2 Å². The largest absolute Gasteiger partial charge is 0.465 e. The van der Waals surface area contributed by atoms with Crippen LogP contribution in [0, 0.1) is 5.92 Å². The summed E-state index contributed by atoms with van der Waals surface area (Å²) in [4.78, 5) is 11.4. The Morgan fingerprint density at radius 1 is 1.50 bits per heavy atom. The number of rotatable bonds is 4. The molecule has 7 heteroatoms. The smallest absolute Gasteiger partial charge is 0.337 e. The molecule has 0 saturated carbocycles. The number of nitrogens with two attached hydrogens (primary N) is 1. The number of nitrogens with one attached hydrogen (secondary N) is 1. The molecule has 3 N–H and O–H groups in total. The Morgan fingerprint density at radius 2 is 2.25 bits per heavy atom. The van der Waals surface area contributed by atoms with Gasteiger partial charge in [-0.1, -0.05) is 0 Å². The van der Waals surface area contributed by atoms with Crippen LogP contribution in [0.25, 0.3) is 0 Å². The molecular weight excluding hydrogens is 280 g/mol. The fourth-order valence-electron chi connectivity index (χ4n) is 2.26. The average Bonchev–Trinajstić information content (AvgIpc) is 2.76. The number of methoxy groups -OCH3 is 1. The number of ether oxygens (including phenoxy) is 1. The lowest BCUT2D eigenvalue weighted by atomic mass is 10.1. The quantitative estimate of drug-likeness (QED) is 0.633. The van der Waals surface area contributed by atoms with E-state index in [-0.39, 0.29) is 17.4 Å².